The lowest BCUT2D eigenvalue weighted by Gasteiger charge is -1.98. The molecule has 0 radical (unpaired) electrons. The normalized spacial score (nSPS) is 10.5. The number of carbonyl (C=O) groups is 1. The molecule has 0 spiro atoms. The van der Waals surface area contributed by atoms with Gasteiger partial charge in [-0.1, -0.05) is 0 Å². The van der Waals surface area contributed by atoms with E-state index in [0.717, 1.165) is 10.4 Å². The molecule has 17 heavy (non-hydrogen) atoms. The number of hydrogen-bond acceptors (Lipinski definition) is 5. The Labute approximate surface area is 121 Å². The number of hydrogen-bond donors (Lipinski definition) is 1. The Kier molecular flexibility index (Phi) is 4.05. The summed E-state index contributed by atoms with van der Waals surface area (Å²) in [5.41, 5.74) is 7.42. The van der Waals surface area contributed by atoms with Crippen LogP contribution in [0.2, 0.25) is 0 Å². The molecule has 90 valence electrons. The topological polar surface area (TPSA) is 52.3 Å². The fourth-order valence-electron chi connectivity index (χ4n) is 1.34. The lowest BCUT2D eigenvalue weighted by molar-refractivity contribution is 0.0533. The molecule has 0 saturated heterocycles. The summed E-state index contributed by atoms with van der Waals surface area (Å²) in [7, 11) is 0. The third-order valence-electron chi connectivity index (χ3n) is 2.07. The van der Waals surface area contributed by atoms with E-state index in [4.69, 9.17) is 10.5 Å². The summed E-state index contributed by atoms with van der Waals surface area (Å²) >= 11 is 5.32. The maximum absolute atomic E-state index is 11.6. The second kappa shape index (κ2) is 5.36. The van der Waals surface area contributed by atoms with E-state index in [-0.39, 0.29) is 5.97 Å². The van der Waals surface area contributed by atoms with Gasteiger partial charge in [0.05, 0.1) is 15.2 Å². The van der Waals surface area contributed by atoms with Crippen LogP contribution in [0.15, 0.2) is 17.5 Å². The van der Waals surface area contributed by atoms with Crippen LogP contribution in [0.3, 0.4) is 0 Å². The van der Waals surface area contributed by atoms with E-state index in [1.54, 1.807) is 18.3 Å². The van der Waals surface area contributed by atoms with Gasteiger partial charge in [-0.2, -0.15) is 0 Å². The van der Waals surface area contributed by atoms with E-state index < -0.39 is 0 Å². The summed E-state index contributed by atoms with van der Waals surface area (Å²) in [4.78, 5) is 13.1. The minimum atomic E-state index is -0.342. The molecule has 2 aromatic heterocycles. The Hall–Kier alpha value is -0.600. The van der Waals surface area contributed by atoms with Gasteiger partial charge in [-0.3, -0.25) is 0 Å². The second-order valence-electron chi connectivity index (χ2n) is 3.26. The molecule has 0 saturated carbocycles. The molecule has 0 aromatic carbocycles. The standard InChI is InChI=1S/C11H10INO2S2/c1-2-15-11(14)10-7(13)4-8(17-10)6-3-9(12)16-5-6/h3-5H,2,13H2,1H3. The van der Waals surface area contributed by atoms with Crippen molar-refractivity contribution in [3.8, 4) is 10.4 Å². The van der Waals surface area contributed by atoms with Crippen LogP contribution < -0.4 is 5.73 Å². The lowest BCUT2D eigenvalue weighted by Crippen LogP contribution is -2.04. The minimum Gasteiger partial charge on any atom is -0.462 e. The average molecular weight is 379 g/mol. The van der Waals surface area contributed by atoms with Crippen LogP contribution in [-0.4, -0.2) is 12.6 Å². The largest absolute Gasteiger partial charge is 0.462 e. The highest BCUT2D eigenvalue weighted by Crippen LogP contribution is 2.36. The molecule has 2 aromatic rings. The van der Waals surface area contributed by atoms with Crippen LogP contribution in [0.4, 0.5) is 5.69 Å². The number of carbonyl (C=O) groups excluding carboxylic acids is 1. The maximum atomic E-state index is 11.6. The Morgan fingerprint density at radius 1 is 1.53 bits per heavy atom. The first-order chi connectivity index (χ1) is 8.11. The molecule has 6 heteroatoms. The van der Waals surface area contributed by atoms with Crippen LogP contribution in [0.1, 0.15) is 16.6 Å². The molecular formula is C11H10INO2S2. The summed E-state index contributed by atoms with van der Waals surface area (Å²) in [5, 5.41) is 2.06. The molecular weight excluding hydrogens is 369 g/mol. The summed E-state index contributed by atoms with van der Waals surface area (Å²) < 4.78 is 6.17. The summed E-state index contributed by atoms with van der Waals surface area (Å²) in [6.45, 7) is 2.14. The van der Waals surface area contributed by atoms with Crippen molar-refractivity contribution in [2.45, 2.75) is 6.92 Å². The first kappa shape index (κ1) is 12.8. The van der Waals surface area contributed by atoms with Crippen LogP contribution in [-0.2, 0) is 4.74 Å². The van der Waals surface area contributed by atoms with Crippen molar-refractivity contribution >= 4 is 56.9 Å². The first-order valence-electron chi connectivity index (χ1n) is 4.92. The van der Waals surface area contributed by atoms with E-state index in [0.29, 0.717) is 17.2 Å². The van der Waals surface area contributed by atoms with Crippen molar-refractivity contribution in [1.29, 1.82) is 0 Å². The molecule has 0 unspecified atom stereocenters. The minimum absolute atomic E-state index is 0.342. The Balaban J connectivity index is 2.33. The second-order valence-corrected chi connectivity index (χ2v) is 7.11. The number of nitrogens with two attached hydrogens (primary N) is 1. The molecule has 2 N–H and O–H groups in total. The molecule has 0 amide bonds. The summed E-state index contributed by atoms with van der Waals surface area (Å²) in [6.07, 6.45) is 0. The highest BCUT2D eigenvalue weighted by molar-refractivity contribution is 14.1. The third kappa shape index (κ3) is 2.80. The van der Waals surface area contributed by atoms with E-state index >= 15 is 0 Å². The van der Waals surface area contributed by atoms with E-state index in [9.17, 15) is 4.79 Å². The van der Waals surface area contributed by atoms with Crippen LogP contribution in [0.5, 0.6) is 0 Å². The molecule has 0 fully saturated rings. The van der Waals surface area contributed by atoms with E-state index in [2.05, 4.69) is 34.0 Å². The Morgan fingerprint density at radius 2 is 2.29 bits per heavy atom. The smallest absolute Gasteiger partial charge is 0.350 e. The average Bonchev–Trinajstić information content (AvgIpc) is 2.85. The van der Waals surface area contributed by atoms with Crippen molar-refractivity contribution in [2.75, 3.05) is 12.3 Å². The number of thiophene rings is 2. The SMILES string of the molecule is CCOC(=O)c1sc(-c2csc(I)c2)cc1N. The van der Waals surface area contributed by atoms with Gasteiger partial charge in [0.2, 0.25) is 0 Å². The highest BCUT2D eigenvalue weighted by Gasteiger charge is 2.16. The van der Waals surface area contributed by atoms with Crippen molar-refractivity contribution in [1.82, 2.24) is 0 Å². The van der Waals surface area contributed by atoms with Gasteiger partial charge >= 0.3 is 5.97 Å². The number of anilines is 1. The third-order valence-corrected chi connectivity index (χ3v) is 5.04. The summed E-state index contributed by atoms with van der Waals surface area (Å²) in [5.74, 6) is -0.342. The van der Waals surface area contributed by atoms with Gasteiger partial charge in [-0.05, 0) is 41.6 Å². The fourth-order valence-corrected chi connectivity index (χ4v) is 3.72. The summed E-state index contributed by atoms with van der Waals surface area (Å²) in [6, 6.07) is 3.90. The van der Waals surface area contributed by atoms with Crippen LogP contribution in [0.25, 0.3) is 10.4 Å². The zero-order chi connectivity index (χ0) is 12.4. The molecule has 0 bridgehead atoms. The first-order valence-corrected chi connectivity index (χ1v) is 7.70. The Morgan fingerprint density at radius 3 is 2.88 bits per heavy atom. The van der Waals surface area contributed by atoms with Gasteiger partial charge in [0.25, 0.3) is 0 Å². The molecule has 0 atom stereocenters. The van der Waals surface area contributed by atoms with E-state index in [1.807, 2.05) is 6.07 Å². The predicted molar refractivity (Wildman–Crippen MR) is 80.7 cm³/mol. The zero-order valence-corrected chi connectivity index (χ0v) is 12.8. The highest BCUT2D eigenvalue weighted by atomic mass is 127. The van der Waals surface area contributed by atoms with Gasteiger partial charge < -0.3 is 10.5 Å². The van der Waals surface area contributed by atoms with Gasteiger partial charge in [0, 0.05) is 15.8 Å². The van der Waals surface area contributed by atoms with Crippen LogP contribution in [0, 0.1) is 2.88 Å². The van der Waals surface area contributed by atoms with Crippen molar-refractivity contribution in [3.63, 3.8) is 0 Å². The molecule has 0 aliphatic carbocycles. The molecule has 0 aliphatic rings. The molecule has 2 heterocycles. The molecule has 3 nitrogen and oxygen atoms in total. The van der Waals surface area contributed by atoms with Gasteiger partial charge in [-0.25, -0.2) is 4.79 Å². The monoisotopic (exact) mass is 379 g/mol. The number of halogens is 1. The number of nitrogen functional groups attached to an aromatic ring is 1. The predicted octanol–water partition coefficient (Wildman–Crippen LogP) is 3.84. The zero-order valence-electron chi connectivity index (χ0n) is 9.03. The van der Waals surface area contributed by atoms with Gasteiger partial charge in [0.1, 0.15) is 4.88 Å². The number of ether oxygens (including phenoxy) is 1. The van der Waals surface area contributed by atoms with Gasteiger partial charge in [0.15, 0.2) is 0 Å². The van der Waals surface area contributed by atoms with Crippen molar-refractivity contribution in [3.05, 3.63) is 25.3 Å². The lowest BCUT2D eigenvalue weighted by atomic mass is 10.2. The maximum Gasteiger partial charge on any atom is 0.350 e. The number of esters is 1. The molecule has 0 aliphatic heterocycles. The van der Waals surface area contributed by atoms with E-state index in [1.165, 1.54) is 14.2 Å². The quantitative estimate of drug-likeness (QED) is 0.651. The molecule has 2 rings (SSSR count). The number of rotatable bonds is 3. The van der Waals surface area contributed by atoms with Crippen molar-refractivity contribution < 1.29 is 9.53 Å². The fraction of sp³-hybridized carbons (Fsp3) is 0.182. The Bertz CT molecular complexity index is 547. The van der Waals surface area contributed by atoms with Gasteiger partial charge in [-0.15, -0.1) is 22.7 Å². The van der Waals surface area contributed by atoms with Crippen molar-refractivity contribution in [2.24, 2.45) is 0 Å². The van der Waals surface area contributed by atoms with Crippen LogP contribution >= 0.6 is 45.3 Å².